The summed E-state index contributed by atoms with van der Waals surface area (Å²) in [5.74, 6) is -3.35. The molecule has 0 bridgehead atoms. The maximum Gasteiger partial charge on any atom is 0.167 e. The minimum atomic E-state index is -0.529. The number of aromatic hydroxyl groups is 8. The highest BCUT2D eigenvalue weighted by molar-refractivity contribution is 6.32. The molecule has 0 aliphatic carbocycles. The predicted molar refractivity (Wildman–Crippen MR) is 215 cm³/mol. The summed E-state index contributed by atoms with van der Waals surface area (Å²) in [6, 6.07) is 12.0. The zero-order chi connectivity index (χ0) is 39.5. The Hall–Kier alpha value is -5.84. The molecule has 0 aliphatic rings. The van der Waals surface area contributed by atoms with E-state index in [0.29, 0.717) is 44.4 Å². The van der Waals surface area contributed by atoms with Crippen molar-refractivity contribution < 1.29 is 40.9 Å². The van der Waals surface area contributed by atoms with Crippen LogP contribution in [0.2, 0.25) is 10.0 Å². The smallest absolute Gasteiger partial charge is 0.167 e. The van der Waals surface area contributed by atoms with E-state index in [-0.39, 0.29) is 89.4 Å². The fourth-order valence-electron chi connectivity index (χ4n) is 7.05. The first-order valence-electron chi connectivity index (χ1n) is 17.0. The quantitative estimate of drug-likeness (QED) is 0.0582. The van der Waals surface area contributed by atoms with Gasteiger partial charge in [0.2, 0.25) is 0 Å². The summed E-state index contributed by atoms with van der Waals surface area (Å²) < 4.78 is 0. The van der Waals surface area contributed by atoms with Crippen LogP contribution in [0.1, 0.15) is 72.9 Å². The van der Waals surface area contributed by atoms with Crippen LogP contribution in [0.25, 0.3) is 32.7 Å². The van der Waals surface area contributed by atoms with E-state index in [2.05, 4.69) is 9.98 Å². The van der Waals surface area contributed by atoms with E-state index in [1.54, 1.807) is 26.0 Å². The average Bonchev–Trinajstić information content (AvgIpc) is 3.09. The zero-order valence-electron chi connectivity index (χ0n) is 30.2. The molecule has 6 aromatic carbocycles. The van der Waals surface area contributed by atoms with Crippen molar-refractivity contribution >= 4 is 68.6 Å². The Morgan fingerprint density at radius 2 is 0.852 bits per heavy atom. The lowest BCUT2D eigenvalue weighted by atomic mass is 9.83. The minimum absolute atomic E-state index is 0.0159. The molecule has 8 N–H and O–H groups in total. The SMILES string of the molecule is Cc1cc2c(C(C)C)c(O)c(O)c(C=Nc3ccc(O)c(Cl)c3)c2c(O)c1-c1c(C)cc2c(C(C)C)c(O)c(O)c(C=Nc3ccc(O)c(Cl)c3)c2c1O. The van der Waals surface area contributed by atoms with Gasteiger partial charge in [0.15, 0.2) is 23.0 Å². The zero-order valence-corrected chi connectivity index (χ0v) is 31.7. The van der Waals surface area contributed by atoms with Gasteiger partial charge in [0, 0.05) is 45.5 Å². The molecule has 278 valence electrons. The van der Waals surface area contributed by atoms with Crippen molar-refractivity contribution in [2.45, 2.75) is 53.4 Å². The highest BCUT2D eigenvalue weighted by Crippen LogP contribution is 2.54. The van der Waals surface area contributed by atoms with Crippen molar-refractivity contribution in [3.8, 4) is 57.1 Å². The van der Waals surface area contributed by atoms with Crippen LogP contribution in [0.15, 0.2) is 58.5 Å². The monoisotopic (exact) mass is 768 g/mol. The van der Waals surface area contributed by atoms with Gasteiger partial charge >= 0.3 is 0 Å². The second-order valence-electron chi connectivity index (χ2n) is 13.8. The molecular formula is C42H38Cl2N2O8. The van der Waals surface area contributed by atoms with Gasteiger partial charge in [0.05, 0.1) is 32.5 Å². The van der Waals surface area contributed by atoms with Crippen molar-refractivity contribution in [3.63, 3.8) is 0 Å². The van der Waals surface area contributed by atoms with Gasteiger partial charge in [-0.25, -0.2) is 0 Å². The summed E-state index contributed by atoms with van der Waals surface area (Å²) in [5.41, 5.74) is 2.80. The minimum Gasteiger partial charge on any atom is -0.507 e. The second-order valence-corrected chi connectivity index (χ2v) is 14.6. The third-order valence-electron chi connectivity index (χ3n) is 9.54. The number of aliphatic imine (C=N–C) groups is 2. The fourth-order valence-corrected chi connectivity index (χ4v) is 7.40. The van der Waals surface area contributed by atoms with Crippen LogP contribution in [0.5, 0.6) is 46.0 Å². The topological polar surface area (TPSA) is 187 Å². The predicted octanol–water partition coefficient (Wildman–Crippen LogP) is 11.0. The normalized spacial score (nSPS) is 12.1. The summed E-state index contributed by atoms with van der Waals surface area (Å²) >= 11 is 12.2. The van der Waals surface area contributed by atoms with Crippen molar-refractivity contribution in [3.05, 3.63) is 92.0 Å². The summed E-state index contributed by atoms with van der Waals surface area (Å²) in [7, 11) is 0. The summed E-state index contributed by atoms with van der Waals surface area (Å²) in [6.07, 6.45) is 2.55. The van der Waals surface area contributed by atoms with Crippen molar-refractivity contribution in [1.29, 1.82) is 0 Å². The lowest BCUT2D eigenvalue weighted by Crippen LogP contribution is -2.01. The van der Waals surface area contributed by atoms with E-state index >= 15 is 0 Å². The van der Waals surface area contributed by atoms with Crippen molar-refractivity contribution in [1.82, 2.24) is 0 Å². The van der Waals surface area contributed by atoms with Gasteiger partial charge < -0.3 is 40.9 Å². The Labute approximate surface area is 320 Å². The maximum absolute atomic E-state index is 12.3. The Balaban J connectivity index is 1.71. The molecule has 0 spiro atoms. The Kier molecular flexibility index (Phi) is 9.96. The molecule has 0 aliphatic heterocycles. The molecule has 0 aromatic heterocycles. The van der Waals surface area contributed by atoms with Crippen LogP contribution in [0, 0.1) is 13.8 Å². The highest BCUT2D eigenvalue weighted by atomic mass is 35.5. The summed E-state index contributed by atoms with van der Waals surface area (Å²) in [5, 5.41) is 91.0. The number of aryl methyl sites for hydroxylation is 2. The van der Waals surface area contributed by atoms with Crippen LogP contribution in [0.4, 0.5) is 11.4 Å². The molecule has 6 aromatic rings. The van der Waals surface area contributed by atoms with Crippen LogP contribution in [-0.4, -0.2) is 53.3 Å². The second kappa shape index (κ2) is 14.2. The number of phenolic OH excluding ortho intramolecular Hbond substituents is 8. The van der Waals surface area contributed by atoms with E-state index in [1.807, 2.05) is 27.7 Å². The van der Waals surface area contributed by atoms with Crippen molar-refractivity contribution in [2.75, 3.05) is 0 Å². The molecule has 0 atom stereocenters. The summed E-state index contributed by atoms with van der Waals surface area (Å²) in [6.45, 7) is 10.8. The van der Waals surface area contributed by atoms with Gasteiger partial charge in [-0.05, 0) is 84.0 Å². The van der Waals surface area contributed by atoms with Gasteiger partial charge in [-0.1, -0.05) is 63.0 Å². The van der Waals surface area contributed by atoms with Crippen LogP contribution in [-0.2, 0) is 0 Å². The molecule has 0 fully saturated rings. The summed E-state index contributed by atoms with van der Waals surface area (Å²) in [4.78, 5) is 8.84. The van der Waals surface area contributed by atoms with Crippen LogP contribution >= 0.6 is 23.2 Å². The number of nitrogens with zero attached hydrogens (tertiary/aromatic N) is 2. The molecule has 0 saturated carbocycles. The average molecular weight is 770 g/mol. The number of hydrogen-bond acceptors (Lipinski definition) is 10. The largest absolute Gasteiger partial charge is 0.507 e. The molecule has 0 radical (unpaired) electrons. The molecule has 0 heterocycles. The Morgan fingerprint density at radius 1 is 0.500 bits per heavy atom. The molecule has 0 amide bonds. The van der Waals surface area contributed by atoms with Crippen LogP contribution < -0.4 is 0 Å². The van der Waals surface area contributed by atoms with Gasteiger partial charge in [-0.2, -0.15) is 0 Å². The van der Waals surface area contributed by atoms with Crippen molar-refractivity contribution in [2.24, 2.45) is 9.98 Å². The van der Waals surface area contributed by atoms with E-state index < -0.39 is 11.5 Å². The third kappa shape index (κ3) is 6.31. The van der Waals surface area contributed by atoms with Gasteiger partial charge in [-0.3, -0.25) is 9.98 Å². The number of phenols is 8. The van der Waals surface area contributed by atoms with E-state index in [9.17, 15) is 40.9 Å². The fraction of sp³-hybridized carbons (Fsp3) is 0.190. The number of fused-ring (bicyclic) bond motifs is 2. The number of rotatable bonds is 7. The first kappa shape index (κ1) is 37.9. The molecule has 10 nitrogen and oxygen atoms in total. The molecule has 54 heavy (non-hydrogen) atoms. The lowest BCUT2D eigenvalue weighted by molar-refractivity contribution is 0.398. The lowest BCUT2D eigenvalue weighted by Gasteiger charge is -2.23. The highest BCUT2D eigenvalue weighted by Gasteiger charge is 2.29. The van der Waals surface area contributed by atoms with E-state index in [0.717, 1.165) is 0 Å². The Morgan fingerprint density at radius 3 is 1.17 bits per heavy atom. The molecule has 6 rings (SSSR count). The standard InChI is InChI=1S/C42H38Cl2N2O8/c1-17(2)31-23-11-19(5)33(39(51)35(23)25(37(49)41(31)53)15-45-21-7-9-29(47)27(43)13-21)34-20(6)12-24-32(18(3)4)42(54)38(50)26(36(24)40(34)52)16-46-22-8-10-30(48)28(44)14-22/h7-18,47-54H,1-6H3. The first-order valence-corrected chi connectivity index (χ1v) is 17.7. The molecular weight excluding hydrogens is 731 g/mol. The molecule has 0 unspecified atom stereocenters. The van der Waals surface area contributed by atoms with Gasteiger partial charge in [-0.15, -0.1) is 0 Å². The van der Waals surface area contributed by atoms with Gasteiger partial charge in [0.25, 0.3) is 0 Å². The Bertz CT molecular complexity index is 2420. The van der Waals surface area contributed by atoms with E-state index in [4.69, 9.17) is 23.2 Å². The molecule has 12 heteroatoms. The van der Waals surface area contributed by atoms with E-state index in [1.165, 1.54) is 48.8 Å². The molecule has 0 saturated heterocycles. The number of benzene rings is 6. The number of halogens is 2. The van der Waals surface area contributed by atoms with Crippen LogP contribution in [0.3, 0.4) is 0 Å². The number of hydrogen-bond donors (Lipinski definition) is 8. The van der Waals surface area contributed by atoms with Gasteiger partial charge in [0.1, 0.15) is 23.0 Å². The first-order chi connectivity index (χ1) is 25.4. The maximum atomic E-state index is 12.3. The third-order valence-corrected chi connectivity index (χ3v) is 10.1.